The number of benzene rings is 2. The van der Waals surface area contributed by atoms with Gasteiger partial charge in [-0.25, -0.2) is 28.7 Å². The Kier molecular flexibility index (Phi) is 5.75. The minimum Gasteiger partial charge on any atom is -0.489 e. The quantitative estimate of drug-likeness (QED) is 0.312. The maximum absolute atomic E-state index is 15.4. The van der Waals surface area contributed by atoms with Gasteiger partial charge in [-0.05, 0) is 24.3 Å². The van der Waals surface area contributed by atoms with Crippen LogP contribution >= 0.6 is 0 Å². The van der Waals surface area contributed by atoms with E-state index in [4.69, 9.17) is 14.5 Å². The molecular weight excluding hydrogens is 469 g/mol. The Labute approximate surface area is 203 Å². The lowest BCUT2D eigenvalue weighted by molar-refractivity contribution is 0.0320. The second-order valence-electron chi connectivity index (χ2n) is 8.20. The molecule has 184 valence electrons. The predicted molar refractivity (Wildman–Crippen MR) is 129 cm³/mol. The molecule has 0 amide bonds. The van der Waals surface area contributed by atoms with Crippen molar-refractivity contribution in [3.63, 3.8) is 0 Å². The Morgan fingerprint density at radius 2 is 2.00 bits per heavy atom. The maximum atomic E-state index is 15.4. The van der Waals surface area contributed by atoms with Gasteiger partial charge in [0.05, 0.1) is 24.4 Å². The molecule has 1 aliphatic heterocycles. The molecule has 0 atom stereocenters. The summed E-state index contributed by atoms with van der Waals surface area (Å²) in [6.07, 6.45) is 1.38. The maximum Gasteiger partial charge on any atom is 0.348 e. The average molecular weight is 491 g/mol. The molecule has 0 radical (unpaired) electrons. The van der Waals surface area contributed by atoms with Crippen molar-refractivity contribution in [1.29, 1.82) is 0 Å². The van der Waals surface area contributed by atoms with E-state index in [9.17, 15) is 4.79 Å². The molecule has 0 unspecified atom stereocenters. The van der Waals surface area contributed by atoms with Crippen LogP contribution in [0.5, 0.6) is 5.75 Å². The number of aromatic amines is 2. The molecule has 1 aliphatic rings. The number of nitrogens with zero attached hydrogens (tertiary/aromatic N) is 6. The fourth-order valence-corrected chi connectivity index (χ4v) is 4.24. The molecule has 5 aromatic rings. The van der Waals surface area contributed by atoms with Crippen LogP contribution in [0.25, 0.3) is 28.1 Å². The number of anilines is 2. The summed E-state index contributed by atoms with van der Waals surface area (Å²) < 4.78 is 27.8. The van der Waals surface area contributed by atoms with Crippen LogP contribution in [0.3, 0.4) is 0 Å². The molecular formula is C23H22FN9O3. The summed E-state index contributed by atoms with van der Waals surface area (Å²) >= 11 is 0. The van der Waals surface area contributed by atoms with Crippen molar-refractivity contribution in [3.05, 3.63) is 59.0 Å². The first-order valence-corrected chi connectivity index (χ1v) is 11.4. The summed E-state index contributed by atoms with van der Waals surface area (Å²) in [7, 11) is 0. The van der Waals surface area contributed by atoms with Crippen LogP contribution in [-0.2, 0) is 4.74 Å². The van der Waals surface area contributed by atoms with E-state index in [0.29, 0.717) is 48.8 Å². The Morgan fingerprint density at radius 1 is 1.14 bits per heavy atom. The number of halogens is 1. The Balaban J connectivity index is 1.34. The van der Waals surface area contributed by atoms with E-state index >= 15 is 4.39 Å². The monoisotopic (exact) mass is 491 g/mol. The highest BCUT2D eigenvalue weighted by Crippen LogP contribution is 2.31. The Bertz CT molecular complexity index is 1580. The first kappa shape index (κ1) is 22.1. The molecule has 6 rings (SSSR count). The number of aromatic nitrogens is 7. The molecule has 3 N–H and O–H groups in total. The van der Waals surface area contributed by atoms with Crippen LogP contribution in [-0.4, -0.2) is 79.1 Å². The number of morpholine rings is 1. The minimum absolute atomic E-state index is 0.117. The molecule has 0 saturated carbocycles. The summed E-state index contributed by atoms with van der Waals surface area (Å²) in [5, 5.41) is 16.3. The van der Waals surface area contributed by atoms with Gasteiger partial charge in [0, 0.05) is 25.2 Å². The third-order valence-corrected chi connectivity index (χ3v) is 6.02. The van der Waals surface area contributed by atoms with Crippen LogP contribution in [0.4, 0.5) is 15.9 Å². The first-order chi connectivity index (χ1) is 17.7. The van der Waals surface area contributed by atoms with Crippen LogP contribution in [0, 0.1) is 5.82 Å². The van der Waals surface area contributed by atoms with Crippen LogP contribution < -0.4 is 15.7 Å². The number of ether oxygens (including phenoxy) is 2. The first-order valence-electron chi connectivity index (χ1n) is 11.4. The number of para-hydroxylation sites is 1. The average Bonchev–Trinajstić information content (AvgIpc) is 3.57. The summed E-state index contributed by atoms with van der Waals surface area (Å²) in [5.41, 5.74) is 1.52. The van der Waals surface area contributed by atoms with E-state index in [0.717, 1.165) is 13.1 Å². The van der Waals surface area contributed by atoms with Crippen molar-refractivity contribution in [1.82, 2.24) is 39.7 Å². The van der Waals surface area contributed by atoms with Gasteiger partial charge in [0.15, 0.2) is 23.2 Å². The zero-order chi connectivity index (χ0) is 24.5. The number of nitrogens with one attached hydrogen (secondary N) is 3. The summed E-state index contributed by atoms with van der Waals surface area (Å²) in [5.74, 6) is 0.224. The molecule has 1 fully saturated rings. The van der Waals surface area contributed by atoms with Gasteiger partial charge in [0.1, 0.15) is 18.5 Å². The summed E-state index contributed by atoms with van der Waals surface area (Å²) in [4.78, 5) is 23.7. The normalized spacial score (nSPS) is 14.5. The molecule has 4 heterocycles. The summed E-state index contributed by atoms with van der Waals surface area (Å²) in [6, 6.07) is 10.2. The predicted octanol–water partition coefficient (Wildman–Crippen LogP) is 1.95. The van der Waals surface area contributed by atoms with Crippen molar-refractivity contribution in [3.8, 4) is 17.1 Å². The van der Waals surface area contributed by atoms with Crippen LogP contribution in [0.15, 0.2) is 47.5 Å². The Hall–Kier alpha value is -4.36. The second-order valence-corrected chi connectivity index (χ2v) is 8.20. The Morgan fingerprint density at radius 3 is 2.83 bits per heavy atom. The molecule has 2 aromatic carbocycles. The topological polar surface area (TPSA) is 138 Å². The SMILES string of the molecule is O=c1[nH]nc2c(Nc3cccc(OCCN4CCOCC4)c3F)nc3c(-c4ncn[nH]4)cccc3n12. The third-order valence-electron chi connectivity index (χ3n) is 6.02. The van der Waals surface area contributed by atoms with Crippen molar-refractivity contribution < 1.29 is 13.9 Å². The number of H-pyrrole nitrogens is 2. The van der Waals surface area contributed by atoms with Crippen molar-refractivity contribution >= 4 is 28.2 Å². The molecule has 1 saturated heterocycles. The van der Waals surface area contributed by atoms with E-state index in [2.05, 4.69) is 35.6 Å². The lowest BCUT2D eigenvalue weighted by atomic mass is 10.1. The van der Waals surface area contributed by atoms with E-state index in [-0.39, 0.29) is 22.9 Å². The zero-order valence-electron chi connectivity index (χ0n) is 19.1. The van der Waals surface area contributed by atoms with Gasteiger partial charge < -0.3 is 14.8 Å². The number of hydrogen-bond acceptors (Lipinski definition) is 9. The fourth-order valence-electron chi connectivity index (χ4n) is 4.24. The van der Waals surface area contributed by atoms with Crippen molar-refractivity contribution in [2.45, 2.75) is 0 Å². The van der Waals surface area contributed by atoms with Gasteiger partial charge in [-0.1, -0.05) is 12.1 Å². The van der Waals surface area contributed by atoms with Gasteiger partial charge in [0.2, 0.25) is 5.65 Å². The number of hydrogen-bond donors (Lipinski definition) is 3. The lowest BCUT2D eigenvalue weighted by Gasteiger charge is -2.26. The highest BCUT2D eigenvalue weighted by Gasteiger charge is 2.19. The highest BCUT2D eigenvalue weighted by molar-refractivity contribution is 5.93. The number of rotatable bonds is 7. The fraction of sp³-hybridized carbons (Fsp3) is 0.261. The number of fused-ring (bicyclic) bond motifs is 3. The van der Waals surface area contributed by atoms with Gasteiger partial charge >= 0.3 is 5.69 Å². The standard InChI is InChI=1S/C23H22FN9O3/c24-18-15(4-2-6-17(18)36-12-9-32-7-10-35-11-8-32)27-21-22-30-31-23(34)33(22)16-5-1-3-14(19(16)28-21)20-25-13-26-29-20/h1-6,13H,7-12H2,(H,27,28)(H,31,34)(H,25,26,29). The van der Waals surface area contributed by atoms with Gasteiger partial charge in [-0.15, -0.1) is 5.10 Å². The van der Waals surface area contributed by atoms with E-state index in [1.807, 2.05) is 0 Å². The molecule has 36 heavy (non-hydrogen) atoms. The molecule has 0 aliphatic carbocycles. The largest absolute Gasteiger partial charge is 0.489 e. The van der Waals surface area contributed by atoms with E-state index in [1.54, 1.807) is 36.4 Å². The molecule has 12 nitrogen and oxygen atoms in total. The van der Waals surface area contributed by atoms with Gasteiger partial charge in [-0.3, -0.25) is 10.00 Å². The van der Waals surface area contributed by atoms with Crippen molar-refractivity contribution in [2.24, 2.45) is 0 Å². The molecule has 3 aromatic heterocycles. The van der Waals surface area contributed by atoms with E-state index < -0.39 is 11.5 Å². The van der Waals surface area contributed by atoms with Gasteiger partial charge in [0.25, 0.3) is 0 Å². The second kappa shape index (κ2) is 9.36. The smallest absolute Gasteiger partial charge is 0.348 e. The minimum atomic E-state index is -0.569. The molecule has 0 bridgehead atoms. The lowest BCUT2D eigenvalue weighted by Crippen LogP contribution is -2.38. The molecule has 0 spiro atoms. The highest BCUT2D eigenvalue weighted by atomic mass is 19.1. The zero-order valence-corrected chi connectivity index (χ0v) is 19.1. The van der Waals surface area contributed by atoms with Crippen LogP contribution in [0.2, 0.25) is 0 Å². The third kappa shape index (κ3) is 4.03. The van der Waals surface area contributed by atoms with Crippen molar-refractivity contribution in [2.75, 3.05) is 44.8 Å². The van der Waals surface area contributed by atoms with Crippen LogP contribution in [0.1, 0.15) is 0 Å². The van der Waals surface area contributed by atoms with E-state index in [1.165, 1.54) is 10.7 Å². The summed E-state index contributed by atoms with van der Waals surface area (Å²) in [6.45, 7) is 4.05. The van der Waals surface area contributed by atoms with Gasteiger partial charge in [-0.2, -0.15) is 5.10 Å². The molecule has 13 heteroatoms.